The molecule has 2 aliphatic rings. The standard InChI is InChI=1S/C22H25F2NO6/c23-11-1-3-19-13(5-11)15(26)7-21(30-19)17(28)9-25-10-18(29)22-8-16(27)14-6-12(24)2-4-20(14)31-22/h1-6,15-18,21-22,25-29H,7-10H2/t15?,16?,17-,18-,21-,22-/m0/s1. The Morgan fingerprint density at radius 1 is 0.806 bits per heavy atom. The van der Waals surface area contributed by atoms with Crippen molar-refractivity contribution >= 4 is 0 Å². The van der Waals surface area contributed by atoms with Crippen molar-refractivity contribution in [3.8, 4) is 11.5 Å². The predicted octanol–water partition coefficient (Wildman–Crippen LogP) is 1.35. The van der Waals surface area contributed by atoms with Gasteiger partial charge >= 0.3 is 0 Å². The van der Waals surface area contributed by atoms with Crippen molar-refractivity contribution in [1.29, 1.82) is 0 Å². The third-order valence-electron chi connectivity index (χ3n) is 5.69. The zero-order valence-electron chi connectivity index (χ0n) is 16.6. The Kier molecular flexibility index (Phi) is 6.40. The summed E-state index contributed by atoms with van der Waals surface area (Å²) in [4.78, 5) is 0. The number of halogens is 2. The van der Waals surface area contributed by atoms with Gasteiger partial charge in [0, 0.05) is 37.1 Å². The number of aliphatic hydroxyl groups excluding tert-OH is 4. The molecular formula is C22H25F2NO6. The topological polar surface area (TPSA) is 111 Å². The first kappa shape index (κ1) is 21.9. The molecule has 168 valence electrons. The van der Waals surface area contributed by atoms with Crippen molar-refractivity contribution in [2.75, 3.05) is 13.1 Å². The highest BCUT2D eigenvalue weighted by molar-refractivity contribution is 5.38. The maximum absolute atomic E-state index is 13.4. The summed E-state index contributed by atoms with van der Waals surface area (Å²) in [7, 11) is 0. The zero-order valence-corrected chi connectivity index (χ0v) is 16.6. The van der Waals surface area contributed by atoms with Crippen molar-refractivity contribution in [1.82, 2.24) is 5.32 Å². The lowest BCUT2D eigenvalue weighted by Crippen LogP contribution is -2.47. The Balaban J connectivity index is 1.28. The first-order chi connectivity index (χ1) is 14.8. The first-order valence-corrected chi connectivity index (χ1v) is 10.2. The fourth-order valence-electron chi connectivity index (χ4n) is 4.00. The second-order valence-electron chi connectivity index (χ2n) is 7.97. The molecule has 0 bridgehead atoms. The number of benzene rings is 2. The number of hydrogen-bond acceptors (Lipinski definition) is 7. The van der Waals surface area contributed by atoms with Crippen molar-refractivity contribution < 1.29 is 38.7 Å². The first-order valence-electron chi connectivity index (χ1n) is 10.2. The predicted molar refractivity (Wildman–Crippen MR) is 106 cm³/mol. The fraction of sp³-hybridized carbons (Fsp3) is 0.455. The van der Waals surface area contributed by atoms with E-state index in [4.69, 9.17) is 9.47 Å². The molecule has 0 aromatic heterocycles. The lowest BCUT2D eigenvalue weighted by Gasteiger charge is -2.34. The summed E-state index contributed by atoms with van der Waals surface area (Å²) in [5.74, 6) is -0.300. The van der Waals surface area contributed by atoms with Gasteiger partial charge in [-0.2, -0.15) is 0 Å². The van der Waals surface area contributed by atoms with Crippen LogP contribution < -0.4 is 14.8 Å². The zero-order chi connectivity index (χ0) is 22.1. The van der Waals surface area contributed by atoms with E-state index in [-0.39, 0.29) is 25.9 Å². The summed E-state index contributed by atoms with van der Waals surface area (Å²) in [6, 6.07) is 7.70. The van der Waals surface area contributed by atoms with Crippen LogP contribution >= 0.6 is 0 Å². The summed E-state index contributed by atoms with van der Waals surface area (Å²) in [6.45, 7) is 0.143. The lowest BCUT2D eigenvalue weighted by molar-refractivity contribution is -0.0247. The van der Waals surface area contributed by atoms with Crippen LogP contribution in [-0.4, -0.2) is 57.9 Å². The molecule has 9 heteroatoms. The van der Waals surface area contributed by atoms with Crippen molar-refractivity contribution in [3.05, 3.63) is 59.2 Å². The van der Waals surface area contributed by atoms with Crippen molar-refractivity contribution in [2.45, 2.75) is 49.5 Å². The van der Waals surface area contributed by atoms with Crippen LogP contribution in [0.25, 0.3) is 0 Å². The Morgan fingerprint density at radius 3 is 1.65 bits per heavy atom. The van der Waals surface area contributed by atoms with E-state index in [0.717, 1.165) is 0 Å². The maximum atomic E-state index is 13.4. The highest BCUT2D eigenvalue weighted by Crippen LogP contribution is 2.37. The van der Waals surface area contributed by atoms with Gasteiger partial charge in [-0.15, -0.1) is 0 Å². The normalized spacial score (nSPS) is 26.8. The molecule has 2 heterocycles. The van der Waals surface area contributed by atoms with Gasteiger partial charge in [0.2, 0.25) is 0 Å². The Labute approximate surface area is 177 Å². The molecular weight excluding hydrogens is 412 g/mol. The Hall–Kier alpha value is -2.30. The molecule has 5 N–H and O–H groups in total. The Morgan fingerprint density at radius 2 is 1.23 bits per heavy atom. The van der Waals surface area contributed by atoms with Crippen LogP contribution in [0.4, 0.5) is 8.78 Å². The molecule has 2 unspecified atom stereocenters. The van der Waals surface area contributed by atoms with Crippen LogP contribution in [-0.2, 0) is 0 Å². The van der Waals surface area contributed by atoms with Crippen LogP contribution in [0.3, 0.4) is 0 Å². The SMILES string of the molecule is OC1C[C@@H]([C@@H](O)CNC[C@H](O)[C@@H]2CC(O)c3cc(F)ccc3O2)Oc2ccc(F)cc21. The van der Waals surface area contributed by atoms with Crippen molar-refractivity contribution in [2.24, 2.45) is 0 Å². The molecule has 0 saturated carbocycles. The summed E-state index contributed by atoms with van der Waals surface area (Å²) in [6.07, 6.45) is -5.07. The fourth-order valence-corrected chi connectivity index (χ4v) is 4.00. The number of nitrogens with one attached hydrogen (secondary N) is 1. The second kappa shape index (κ2) is 9.05. The molecule has 0 aliphatic carbocycles. The number of rotatable bonds is 6. The molecule has 0 amide bonds. The third kappa shape index (κ3) is 4.81. The molecule has 7 nitrogen and oxygen atoms in total. The largest absolute Gasteiger partial charge is 0.487 e. The number of hydrogen-bond donors (Lipinski definition) is 5. The van der Waals surface area contributed by atoms with E-state index >= 15 is 0 Å². The minimum absolute atomic E-state index is 0.0715. The number of fused-ring (bicyclic) bond motifs is 2. The summed E-state index contributed by atoms with van der Waals surface area (Å²) < 4.78 is 38.1. The monoisotopic (exact) mass is 437 g/mol. The molecule has 0 fully saturated rings. The number of aliphatic hydroxyl groups is 4. The third-order valence-corrected chi connectivity index (χ3v) is 5.69. The smallest absolute Gasteiger partial charge is 0.129 e. The van der Waals surface area contributed by atoms with Gasteiger partial charge in [-0.05, 0) is 36.4 Å². The van der Waals surface area contributed by atoms with E-state index in [9.17, 15) is 29.2 Å². The van der Waals surface area contributed by atoms with Crippen LogP contribution in [0.15, 0.2) is 36.4 Å². The highest BCUT2D eigenvalue weighted by atomic mass is 19.1. The maximum Gasteiger partial charge on any atom is 0.129 e. The average Bonchev–Trinajstić information content (AvgIpc) is 2.74. The summed E-state index contributed by atoms with van der Waals surface area (Å²) in [5, 5.41) is 44.3. The van der Waals surface area contributed by atoms with E-state index < -0.39 is 48.3 Å². The second-order valence-corrected chi connectivity index (χ2v) is 7.97. The van der Waals surface area contributed by atoms with Gasteiger partial charge in [-0.25, -0.2) is 8.78 Å². The van der Waals surface area contributed by atoms with Gasteiger partial charge in [0.25, 0.3) is 0 Å². The van der Waals surface area contributed by atoms with Gasteiger partial charge in [-0.3, -0.25) is 0 Å². The van der Waals surface area contributed by atoms with Gasteiger partial charge in [0.1, 0.15) is 47.5 Å². The average molecular weight is 437 g/mol. The molecule has 0 saturated heterocycles. The quantitative estimate of drug-likeness (QED) is 0.464. The van der Waals surface area contributed by atoms with Gasteiger partial charge in [0.15, 0.2) is 0 Å². The molecule has 31 heavy (non-hydrogen) atoms. The molecule has 0 spiro atoms. The summed E-state index contributed by atoms with van der Waals surface area (Å²) in [5.41, 5.74) is 0.694. The van der Waals surface area contributed by atoms with Gasteiger partial charge < -0.3 is 35.2 Å². The van der Waals surface area contributed by atoms with E-state index in [1.807, 2.05) is 0 Å². The Bertz CT molecular complexity index is 855. The van der Waals surface area contributed by atoms with Crippen LogP contribution in [0.5, 0.6) is 11.5 Å². The van der Waals surface area contributed by atoms with Gasteiger partial charge in [-0.1, -0.05) is 0 Å². The van der Waals surface area contributed by atoms with Crippen LogP contribution in [0, 0.1) is 11.6 Å². The minimum Gasteiger partial charge on any atom is -0.487 e. The van der Waals surface area contributed by atoms with Gasteiger partial charge in [0.05, 0.1) is 12.2 Å². The van der Waals surface area contributed by atoms with Crippen molar-refractivity contribution in [3.63, 3.8) is 0 Å². The van der Waals surface area contributed by atoms with E-state index in [2.05, 4.69) is 5.32 Å². The van der Waals surface area contributed by atoms with E-state index in [0.29, 0.717) is 22.6 Å². The molecule has 2 aromatic rings. The molecule has 6 atom stereocenters. The molecule has 2 aromatic carbocycles. The molecule has 0 radical (unpaired) electrons. The number of ether oxygens (including phenoxy) is 2. The molecule has 4 rings (SSSR count). The van der Waals surface area contributed by atoms with E-state index in [1.165, 1.54) is 36.4 Å². The van der Waals surface area contributed by atoms with Crippen LogP contribution in [0.2, 0.25) is 0 Å². The van der Waals surface area contributed by atoms with Crippen LogP contribution in [0.1, 0.15) is 36.2 Å². The lowest BCUT2D eigenvalue weighted by atomic mass is 9.95. The molecule has 2 aliphatic heterocycles. The van der Waals surface area contributed by atoms with E-state index in [1.54, 1.807) is 0 Å². The minimum atomic E-state index is -0.985. The highest BCUT2D eigenvalue weighted by Gasteiger charge is 2.34. The summed E-state index contributed by atoms with van der Waals surface area (Å²) >= 11 is 0.